The van der Waals surface area contributed by atoms with E-state index in [1.807, 2.05) is 25.8 Å². The molecular formula is C17H27N7O. The monoisotopic (exact) mass is 345 g/mol. The van der Waals surface area contributed by atoms with Gasteiger partial charge >= 0.3 is 0 Å². The fraction of sp³-hybridized carbons (Fsp3) is 0.647. The Morgan fingerprint density at radius 3 is 2.60 bits per heavy atom. The molecule has 2 atom stereocenters. The van der Waals surface area contributed by atoms with Gasteiger partial charge in [0, 0.05) is 33.2 Å². The summed E-state index contributed by atoms with van der Waals surface area (Å²) >= 11 is 0. The highest BCUT2D eigenvalue weighted by molar-refractivity contribution is 5.87. The molecule has 3 rings (SSSR count). The van der Waals surface area contributed by atoms with Crippen molar-refractivity contribution in [3.8, 4) is 0 Å². The lowest BCUT2D eigenvalue weighted by atomic mass is 9.98. The summed E-state index contributed by atoms with van der Waals surface area (Å²) in [7, 11) is 1.88. The van der Waals surface area contributed by atoms with Crippen LogP contribution in [0, 0.1) is 12.8 Å². The van der Waals surface area contributed by atoms with Crippen molar-refractivity contribution in [2.45, 2.75) is 33.2 Å². The second-order valence-electron chi connectivity index (χ2n) is 6.82. The number of fused-ring (bicyclic) bond motifs is 1. The van der Waals surface area contributed by atoms with Crippen LogP contribution in [0.3, 0.4) is 0 Å². The van der Waals surface area contributed by atoms with Crippen LogP contribution in [0.2, 0.25) is 0 Å². The van der Waals surface area contributed by atoms with E-state index in [4.69, 9.17) is 5.73 Å². The molecule has 1 aliphatic rings. The molecule has 2 unspecified atom stereocenters. The van der Waals surface area contributed by atoms with E-state index in [0.717, 1.165) is 42.2 Å². The normalized spacial score (nSPS) is 17.8. The van der Waals surface area contributed by atoms with Gasteiger partial charge in [0.15, 0.2) is 5.65 Å². The number of aromatic nitrogens is 4. The molecule has 0 spiro atoms. The number of rotatable bonds is 4. The smallest absolute Gasteiger partial charge is 0.239 e. The summed E-state index contributed by atoms with van der Waals surface area (Å²) in [6.07, 6.45) is 2.71. The Hall–Kier alpha value is -2.22. The third kappa shape index (κ3) is 3.30. The van der Waals surface area contributed by atoms with Crippen molar-refractivity contribution in [2.75, 3.05) is 31.1 Å². The van der Waals surface area contributed by atoms with Crippen LogP contribution >= 0.6 is 0 Å². The summed E-state index contributed by atoms with van der Waals surface area (Å²) in [5.74, 6) is 1.88. The molecule has 2 aromatic rings. The van der Waals surface area contributed by atoms with Crippen LogP contribution in [0.15, 0.2) is 6.20 Å². The number of nitrogens with two attached hydrogens (primary N) is 1. The van der Waals surface area contributed by atoms with Crippen molar-refractivity contribution < 1.29 is 4.79 Å². The standard InChI is InChI=1S/C17H27N7O/c1-5-11(2)14(18)17(25)24-8-6-23(7-9-24)16-13-10-19-22(4)15(13)20-12(3)21-16/h10-11,14H,5-9,18H2,1-4H3. The van der Waals surface area contributed by atoms with Crippen molar-refractivity contribution in [1.82, 2.24) is 24.6 Å². The molecule has 2 aromatic heterocycles. The van der Waals surface area contributed by atoms with Gasteiger partial charge in [0.25, 0.3) is 0 Å². The van der Waals surface area contributed by atoms with E-state index in [9.17, 15) is 4.79 Å². The Labute approximate surface area is 148 Å². The number of nitrogens with zero attached hydrogens (tertiary/aromatic N) is 6. The molecule has 8 heteroatoms. The van der Waals surface area contributed by atoms with Crippen molar-refractivity contribution in [3.63, 3.8) is 0 Å². The molecule has 3 heterocycles. The first-order valence-electron chi connectivity index (χ1n) is 8.88. The molecule has 2 N–H and O–H groups in total. The molecule has 0 radical (unpaired) electrons. The quantitative estimate of drug-likeness (QED) is 0.876. The van der Waals surface area contributed by atoms with Crippen LogP contribution in [0.4, 0.5) is 5.82 Å². The lowest BCUT2D eigenvalue weighted by Crippen LogP contribution is -2.54. The van der Waals surface area contributed by atoms with Crippen molar-refractivity contribution >= 4 is 22.8 Å². The first-order chi connectivity index (χ1) is 11.9. The molecule has 1 fully saturated rings. The van der Waals surface area contributed by atoms with E-state index in [2.05, 4.69) is 26.9 Å². The lowest BCUT2D eigenvalue weighted by Gasteiger charge is -2.37. The molecule has 0 aromatic carbocycles. The van der Waals surface area contributed by atoms with Gasteiger partial charge < -0.3 is 15.5 Å². The Balaban J connectivity index is 1.74. The number of piperazine rings is 1. The molecular weight excluding hydrogens is 318 g/mol. The SMILES string of the molecule is CCC(C)C(N)C(=O)N1CCN(c2nc(C)nc3c2cnn3C)CC1. The fourth-order valence-corrected chi connectivity index (χ4v) is 3.20. The van der Waals surface area contributed by atoms with Crippen LogP contribution in [-0.2, 0) is 11.8 Å². The average Bonchev–Trinajstić information content (AvgIpc) is 3.00. The van der Waals surface area contributed by atoms with Gasteiger partial charge in [0.05, 0.1) is 17.6 Å². The second kappa shape index (κ2) is 6.95. The largest absolute Gasteiger partial charge is 0.352 e. The number of hydrogen-bond acceptors (Lipinski definition) is 6. The van der Waals surface area contributed by atoms with Gasteiger partial charge in [-0.3, -0.25) is 9.48 Å². The molecule has 1 amide bonds. The number of aryl methyl sites for hydroxylation is 2. The molecule has 0 aliphatic carbocycles. The predicted octanol–water partition coefficient (Wildman–Crippen LogP) is 0.694. The first kappa shape index (κ1) is 17.6. The number of carbonyl (C=O) groups is 1. The Bertz CT molecular complexity index is 764. The maximum Gasteiger partial charge on any atom is 0.239 e. The van der Waals surface area contributed by atoms with Gasteiger partial charge in [-0.1, -0.05) is 20.3 Å². The highest BCUT2D eigenvalue weighted by Gasteiger charge is 2.29. The number of amides is 1. The molecule has 1 saturated heterocycles. The van der Waals surface area contributed by atoms with E-state index >= 15 is 0 Å². The van der Waals surface area contributed by atoms with Crippen molar-refractivity contribution in [2.24, 2.45) is 18.7 Å². The van der Waals surface area contributed by atoms with Gasteiger partial charge in [0.1, 0.15) is 11.6 Å². The minimum absolute atomic E-state index is 0.0550. The highest BCUT2D eigenvalue weighted by atomic mass is 16.2. The maximum atomic E-state index is 12.6. The van der Waals surface area contributed by atoms with E-state index in [0.29, 0.717) is 13.1 Å². The summed E-state index contributed by atoms with van der Waals surface area (Å²) in [6, 6.07) is -0.414. The van der Waals surface area contributed by atoms with Gasteiger partial charge in [0.2, 0.25) is 5.91 Å². The Morgan fingerprint density at radius 1 is 1.28 bits per heavy atom. The zero-order chi connectivity index (χ0) is 18.1. The molecule has 0 bridgehead atoms. The van der Waals surface area contributed by atoms with Gasteiger partial charge in [-0.2, -0.15) is 5.10 Å². The fourth-order valence-electron chi connectivity index (χ4n) is 3.20. The predicted molar refractivity (Wildman–Crippen MR) is 97.3 cm³/mol. The van der Waals surface area contributed by atoms with Crippen molar-refractivity contribution in [1.29, 1.82) is 0 Å². The third-order valence-electron chi connectivity index (χ3n) is 5.12. The van der Waals surface area contributed by atoms with Crippen molar-refractivity contribution in [3.05, 3.63) is 12.0 Å². The lowest BCUT2D eigenvalue weighted by molar-refractivity contribution is -0.134. The van der Waals surface area contributed by atoms with Crippen LogP contribution in [0.5, 0.6) is 0 Å². The summed E-state index contributed by atoms with van der Waals surface area (Å²) in [5.41, 5.74) is 6.94. The zero-order valence-corrected chi connectivity index (χ0v) is 15.4. The van der Waals surface area contributed by atoms with E-state index in [1.165, 1.54) is 0 Å². The van der Waals surface area contributed by atoms with Gasteiger partial charge in [-0.25, -0.2) is 9.97 Å². The Kier molecular flexibility index (Phi) is 4.89. The Morgan fingerprint density at radius 2 is 1.96 bits per heavy atom. The number of anilines is 1. The molecule has 8 nitrogen and oxygen atoms in total. The topological polar surface area (TPSA) is 93.2 Å². The molecule has 0 saturated carbocycles. The summed E-state index contributed by atoms with van der Waals surface area (Å²) in [5, 5.41) is 5.24. The number of hydrogen-bond donors (Lipinski definition) is 1. The third-order valence-corrected chi connectivity index (χ3v) is 5.12. The van der Waals surface area contributed by atoms with Crippen LogP contribution in [-0.4, -0.2) is 62.8 Å². The minimum atomic E-state index is -0.414. The number of carbonyl (C=O) groups excluding carboxylic acids is 1. The van der Waals surface area contributed by atoms with Gasteiger partial charge in [-0.05, 0) is 12.8 Å². The summed E-state index contributed by atoms with van der Waals surface area (Å²) < 4.78 is 1.76. The van der Waals surface area contributed by atoms with E-state index < -0.39 is 6.04 Å². The summed E-state index contributed by atoms with van der Waals surface area (Å²) in [4.78, 5) is 25.7. The second-order valence-corrected chi connectivity index (χ2v) is 6.82. The van der Waals surface area contributed by atoms with Gasteiger partial charge in [-0.15, -0.1) is 0 Å². The van der Waals surface area contributed by atoms with Crippen LogP contribution in [0.25, 0.3) is 11.0 Å². The van der Waals surface area contributed by atoms with E-state index in [-0.39, 0.29) is 11.8 Å². The zero-order valence-electron chi connectivity index (χ0n) is 15.4. The molecule has 1 aliphatic heterocycles. The molecule has 136 valence electrons. The highest BCUT2D eigenvalue weighted by Crippen LogP contribution is 2.24. The first-order valence-corrected chi connectivity index (χ1v) is 8.88. The van der Waals surface area contributed by atoms with Crippen LogP contribution < -0.4 is 10.6 Å². The molecule has 25 heavy (non-hydrogen) atoms. The van der Waals surface area contributed by atoms with Crippen LogP contribution in [0.1, 0.15) is 26.1 Å². The minimum Gasteiger partial charge on any atom is -0.352 e. The average molecular weight is 345 g/mol. The van der Waals surface area contributed by atoms with E-state index in [1.54, 1.807) is 10.9 Å². The maximum absolute atomic E-state index is 12.6. The summed E-state index contributed by atoms with van der Waals surface area (Å²) in [6.45, 7) is 8.77.